The van der Waals surface area contributed by atoms with E-state index in [1.54, 1.807) is 24.4 Å². The lowest BCUT2D eigenvalue weighted by atomic mass is 10.2. The summed E-state index contributed by atoms with van der Waals surface area (Å²) in [7, 11) is 0. The molecule has 0 aliphatic heterocycles. The molecule has 0 aliphatic carbocycles. The van der Waals surface area contributed by atoms with E-state index in [1.165, 1.54) is 12.1 Å². The zero-order valence-corrected chi connectivity index (χ0v) is 13.5. The minimum Gasteiger partial charge on any atom is -0.396 e. The molecule has 0 aliphatic rings. The van der Waals surface area contributed by atoms with E-state index in [2.05, 4.69) is 4.98 Å². The number of hydrogen-bond donors (Lipinski definition) is 2. The molecule has 3 aromatic rings. The Kier molecular flexibility index (Phi) is 5.06. The molecule has 1 aromatic carbocycles. The van der Waals surface area contributed by atoms with Gasteiger partial charge < -0.3 is 9.67 Å². The van der Waals surface area contributed by atoms with E-state index in [0.29, 0.717) is 18.0 Å². The predicted molar refractivity (Wildman–Crippen MR) is 89.8 cm³/mol. The average Bonchev–Trinajstić information content (AvgIpc) is 3.03. The molecule has 2 N–H and O–H groups in total. The zero-order chi connectivity index (χ0) is 17.8. The highest BCUT2D eigenvalue weighted by Gasteiger charge is 2.16. The molecule has 2 aromatic heterocycles. The molecule has 0 unspecified atom stereocenters. The van der Waals surface area contributed by atoms with Crippen LogP contribution >= 0.6 is 0 Å². The maximum Gasteiger partial charge on any atom is 0.295 e. The SMILES string of the molecule is O=C(c1cc2ccn(Cc3ccc(F)cc3)c2cn1)N(O)CCCO. The van der Waals surface area contributed by atoms with Gasteiger partial charge in [0.25, 0.3) is 5.91 Å². The first-order chi connectivity index (χ1) is 12.1. The van der Waals surface area contributed by atoms with Crippen LogP contribution < -0.4 is 0 Å². The molecule has 2 heterocycles. The van der Waals surface area contributed by atoms with Gasteiger partial charge in [-0.25, -0.2) is 14.4 Å². The second-order valence-corrected chi connectivity index (χ2v) is 5.70. The molecule has 0 atom stereocenters. The van der Waals surface area contributed by atoms with Gasteiger partial charge in [-0.2, -0.15) is 0 Å². The number of carbonyl (C=O) groups excluding carboxylic acids is 1. The Morgan fingerprint density at radius 2 is 2.00 bits per heavy atom. The van der Waals surface area contributed by atoms with Crippen LogP contribution in [-0.4, -0.2) is 44.0 Å². The Morgan fingerprint density at radius 1 is 1.24 bits per heavy atom. The third kappa shape index (κ3) is 3.84. The zero-order valence-electron chi connectivity index (χ0n) is 13.5. The lowest BCUT2D eigenvalue weighted by molar-refractivity contribution is -0.0608. The summed E-state index contributed by atoms with van der Waals surface area (Å²) in [6, 6.07) is 9.73. The molecular weight excluding hydrogens is 325 g/mol. The van der Waals surface area contributed by atoms with Crippen LogP contribution in [0.3, 0.4) is 0 Å². The lowest BCUT2D eigenvalue weighted by Gasteiger charge is -2.13. The van der Waals surface area contributed by atoms with Crippen molar-refractivity contribution in [1.82, 2.24) is 14.6 Å². The van der Waals surface area contributed by atoms with Crippen LogP contribution in [0.15, 0.2) is 48.8 Å². The van der Waals surface area contributed by atoms with Crippen molar-refractivity contribution in [2.75, 3.05) is 13.2 Å². The standard InChI is InChI=1S/C18H18FN3O3/c19-15-4-2-13(3-5-15)12-21-8-6-14-10-16(20-11-17(14)21)18(24)22(25)7-1-9-23/h2-6,8,10-11,23,25H,1,7,9,12H2. The monoisotopic (exact) mass is 343 g/mol. The van der Waals surface area contributed by atoms with Gasteiger partial charge in [0, 0.05) is 24.7 Å². The summed E-state index contributed by atoms with van der Waals surface area (Å²) in [6.45, 7) is 0.491. The Balaban J connectivity index is 1.81. The molecule has 25 heavy (non-hydrogen) atoms. The van der Waals surface area contributed by atoms with Crippen molar-refractivity contribution in [3.05, 3.63) is 65.9 Å². The summed E-state index contributed by atoms with van der Waals surface area (Å²) in [5.41, 5.74) is 1.91. The number of pyridine rings is 1. The van der Waals surface area contributed by atoms with E-state index in [9.17, 15) is 14.4 Å². The Morgan fingerprint density at radius 3 is 2.72 bits per heavy atom. The maximum atomic E-state index is 13.0. The number of hydrogen-bond acceptors (Lipinski definition) is 4. The highest BCUT2D eigenvalue weighted by atomic mass is 19.1. The summed E-state index contributed by atoms with van der Waals surface area (Å²) < 4.78 is 14.9. The molecule has 7 heteroatoms. The fraction of sp³-hybridized carbons (Fsp3) is 0.222. The second kappa shape index (κ2) is 7.42. The number of aliphatic hydroxyl groups excluding tert-OH is 1. The Bertz CT molecular complexity index is 877. The van der Waals surface area contributed by atoms with Gasteiger partial charge in [0.2, 0.25) is 0 Å². The van der Waals surface area contributed by atoms with Crippen molar-refractivity contribution in [2.24, 2.45) is 0 Å². The van der Waals surface area contributed by atoms with E-state index in [4.69, 9.17) is 5.11 Å². The number of amides is 1. The molecule has 0 fully saturated rings. The third-order valence-electron chi connectivity index (χ3n) is 3.91. The summed E-state index contributed by atoms with van der Waals surface area (Å²) in [5.74, 6) is -0.887. The van der Waals surface area contributed by atoms with Gasteiger partial charge in [0.1, 0.15) is 11.5 Å². The molecule has 0 radical (unpaired) electrons. The van der Waals surface area contributed by atoms with Crippen molar-refractivity contribution >= 4 is 16.8 Å². The van der Waals surface area contributed by atoms with E-state index in [-0.39, 0.29) is 24.7 Å². The number of fused-ring (bicyclic) bond motifs is 1. The van der Waals surface area contributed by atoms with Crippen molar-refractivity contribution < 1.29 is 19.5 Å². The first kappa shape index (κ1) is 17.1. The fourth-order valence-electron chi connectivity index (χ4n) is 2.58. The topological polar surface area (TPSA) is 78.6 Å². The van der Waals surface area contributed by atoms with E-state index in [1.807, 2.05) is 16.8 Å². The molecule has 130 valence electrons. The normalized spacial score (nSPS) is 11.0. The lowest BCUT2D eigenvalue weighted by Crippen LogP contribution is -2.29. The quantitative estimate of drug-likeness (QED) is 0.532. The molecule has 0 bridgehead atoms. The number of aromatic nitrogens is 2. The number of aliphatic hydroxyl groups is 1. The molecular formula is C18H18FN3O3. The number of nitrogens with zero attached hydrogens (tertiary/aromatic N) is 3. The number of halogens is 1. The van der Waals surface area contributed by atoms with Crippen LogP contribution in [-0.2, 0) is 6.54 Å². The molecule has 0 saturated carbocycles. The first-order valence-corrected chi connectivity index (χ1v) is 7.89. The second-order valence-electron chi connectivity index (χ2n) is 5.70. The van der Waals surface area contributed by atoms with Crippen LogP contribution in [0.4, 0.5) is 4.39 Å². The van der Waals surface area contributed by atoms with Gasteiger partial charge >= 0.3 is 0 Å². The number of hydroxylamine groups is 2. The van der Waals surface area contributed by atoms with E-state index >= 15 is 0 Å². The van der Waals surface area contributed by atoms with Gasteiger partial charge in [-0.1, -0.05) is 12.1 Å². The van der Waals surface area contributed by atoms with E-state index < -0.39 is 5.91 Å². The fourth-order valence-corrected chi connectivity index (χ4v) is 2.58. The minimum atomic E-state index is -0.610. The first-order valence-electron chi connectivity index (χ1n) is 7.89. The average molecular weight is 343 g/mol. The van der Waals surface area contributed by atoms with Crippen LogP contribution in [0.25, 0.3) is 10.9 Å². The Hall–Kier alpha value is -2.77. The van der Waals surface area contributed by atoms with E-state index in [0.717, 1.165) is 16.5 Å². The summed E-state index contributed by atoms with van der Waals surface area (Å²) in [4.78, 5) is 16.2. The van der Waals surface area contributed by atoms with Crippen LogP contribution in [0, 0.1) is 5.82 Å². The van der Waals surface area contributed by atoms with Crippen molar-refractivity contribution in [3.63, 3.8) is 0 Å². The van der Waals surface area contributed by atoms with Crippen LogP contribution in [0.5, 0.6) is 0 Å². The number of carbonyl (C=O) groups is 1. The van der Waals surface area contributed by atoms with Gasteiger partial charge in [-0.3, -0.25) is 10.0 Å². The molecule has 0 spiro atoms. The summed E-state index contributed by atoms with van der Waals surface area (Å²) >= 11 is 0. The van der Waals surface area contributed by atoms with Crippen LogP contribution in [0.1, 0.15) is 22.5 Å². The maximum absolute atomic E-state index is 13.0. The van der Waals surface area contributed by atoms with Crippen molar-refractivity contribution in [3.8, 4) is 0 Å². The van der Waals surface area contributed by atoms with Gasteiger partial charge in [0.05, 0.1) is 18.3 Å². The molecule has 0 saturated heterocycles. The molecule has 1 amide bonds. The third-order valence-corrected chi connectivity index (χ3v) is 3.91. The highest BCUT2D eigenvalue weighted by Crippen LogP contribution is 2.18. The number of rotatable bonds is 6. The van der Waals surface area contributed by atoms with Gasteiger partial charge in [-0.15, -0.1) is 0 Å². The summed E-state index contributed by atoms with van der Waals surface area (Å²) in [6.07, 6.45) is 3.73. The van der Waals surface area contributed by atoms with Crippen molar-refractivity contribution in [1.29, 1.82) is 0 Å². The van der Waals surface area contributed by atoms with Gasteiger partial charge in [-0.05, 0) is 36.2 Å². The minimum absolute atomic E-state index is 0.0423. The highest BCUT2D eigenvalue weighted by molar-refractivity contribution is 5.95. The van der Waals surface area contributed by atoms with Crippen LogP contribution in [0.2, 0.25) is 0 Å². The molecule has 6 nitrogen and oxygen atoms in total. The predicted octanol–water partition coefficient (Wildman–Crippen LogP) is 2.44. The smallest absolute Gasteiger partial charge is 0.295 e. The summed E-state index contributed by atoms with van der Waals surface area (Å²) in [5, 5.41) is 19.8. The van der Waals surface area contributed by atoms with Crippen molar-refractivity contribution in [2.45, 2.75) is 13.0 Å². The molecule has 3 rings (SSSR count). The largest absolute Gasteiger partial charge is 0.396 e. The Labute approximate surface area is 143 Å². The number of benzene rings is 1. The van der Waals surface area contributed by atoms with Gasteiger partial charge in [0.15, 0.2) is 0 Å².